The highest BCUT2D eigenvalue weighted by Gasteiger charge is 2.32. The van der Waals surface area contributed by atoms with Crippen LogP contribution in [0.1, 0.15) is 26.2 Å². The fraction of sp³-hybridized carbons (Fsp3) is 1.00. The minimum atomic E-state index is -1.71. The minimum Gasteiger partial charge on any atom is -0.455 e. The Hall–Kier alpha value is 0.194. The van der Waals surface area contributed by atoms with E-state index in [0.29, 0.717) is 33.0 Å². The van der Waals surface area contributed by atoms with Crippen molar-refractivity contribution in [2.24, 2.45) is 0 Å². The number of nitrogens with zero attached hydrogens (tertiary/aromatic N) is 1. The van der Waals surface area contributed by atoms with Crippen LogP contribution in [0.3, 0.4) is 0 Å². The van der Waals surface area contributed by atoms with Gasteiger partial charge in [-0.2, -0.15) is 0 Å². The number of likely N-dealkylation sites (N-methyl/N-ethyl adjacent to an activating group) is 1. The highest BCUT2D eigenvalue weighted by Crippen LogP contribution is 2.23. The highest BCUT2D eigenvalue weighted by atomic mass is 28.4. The molecular formula is C20H48NO5Si2+. The van der Waals surface area contributed by atoms with E-state index in [4.69, 9.17) is 13.6 Å². The van der Waals surface area contributed by atoms with E-state index in [1.807, 2.05) is 6.92 Å². The van der Waals surface area contributed by atoms with Gasteiger partial charge in [-0.3, -0.25) is 0 Å². The lowest BCUT2D eigenvalue weighted by atomic mass is 10.3. The number of ether oxygens (including phenoxy) is 2. The Morgan fingerprint density at radius 2 is 1.21 bits per heavy atom. The molecule has 0 aliphatic heterocycles. The summed E-state index contributed by atoms with van der Waals surface area (Å²) >= 11 is 0. The van der Waals surface area contributed by atoms with Crippen LogP contribution >= 0.6 is 0 Å². The number of hydrogen-bond donors (Lipinski definition) is 2. The lowest BCUT2D eigenvalue weighted by molar-refractivity contribution is -0.873. The Balaban J connectivity index is 3.97. The maximum Gasteiger partial charge on any atom is 0.173 e. The molecule has 28 heavy (non-hydrogen) atoms. The summed E-state index contributed by atoms with van der Waals surface area (Å²) in [6.45, 7) is 14.1. The molecule has 2 N–H and O–H groups in total. The van der Waals surface area contributed by atoms with Crippen molar-refractivity contribution in [2.75, 3.05) is 54.1 Å². The quantitative estimate of drug-likeness (QED) is 0.207. The van der Waals surface area contributed by atoms with Gasteiger partial charge in [0.05, 0.1) is 40.5 Å². The first kappa shape index (κ1) is 28.2. The van der Waals surface area contributed by atoms with Crippen LogP contribution in [0.4, 0.5) is 0 Å². The number of aliphatic hydroxyl groups is 2. The summed E-state index contributed by atoms with van der Waals surface area (Å²) in [6, 6.07) is 2.16. The molecule has 0 aliphatic carbocycles. The molecule has 2 atom stereocenters. The first-order chi connectivity index (χ1) is 12.8. The van der Waals surface area contributed by atoms with E-state index < -0.39 is 22.7 Å². The summed E-state index contributed by atoms with van der Waals surface area (Å²) in [6.07, 6.45) is 1.96. The molecule has 0 aromatic carbocycles. The topological polar surface area (TPSA) is 68.2 Å². The van der Waals surface area contributed by atoms with Crippen molar-refractivity contribution in [1.29, 1.82) is 0 Å². The van der Waals surface area contributed by atoms with E-state index >= 15 is 0 Å². The van der Waals surface area contributed by atoms with E-state index in [0.717, 1.165) is 35.8 Å². The summed E-state index contributed by atoms with van der Waals surface area (Å²) in [7, 11) is 2.80. The van der Waals surface area contributed by atoms with E-state index in [9.17, 15) is 10.2 Å². The van der Waals surface area contributed by atoms with Crippen LogP contribution in [0.15, 0.2) is 0 Å². The molecule has 6 nitrogen and oxygen atoms in total. The molecule has 0 saturated carbocycles. The molecule has 0 rings (SSSR count). The molecule has 0 aromatic rings. The predicted octanol–water partition coefficient (Wildman–Crippen LogP) is 3.06. The Bertz CT molecular complexity index is 403. The molecule has 2 unspecified atom stereocenters. The summed E-state index contributed by atoms with van der Waals surface area (Å²) in [5.74, 6) is 0. The third kappa shape index (κ3) is 17.1. The molecule has 0 fully saturated rings. The fourth-order valence-electron chi connectivity index (χ4n) is 3.29. The van der Waals surface area contributed by atoms with Gasteiger partial charge in [-0.15, -0.1) is 0 Å². The van der Waals surface area contributed by atoms with Crippen LogP contribution in [-0.2, 0) is 13.6 Å². The second kappa shape index (κ2) is 13.5. The van der Waals surface area contributed by atoms with Gasteiger partial charge in [0.2, 0.25) is 0 Å². The van der Waals surface area contributed by atoms with Gasteiger partial charge in [-0.25, -0.2) is 0 Å². The normalized spacial score (nSPS) is 15.6. The van der Waals surface area contributed by atoms with Gasteiger partial charge < -0.3 is 28.3 Å². The molecule has 0 aromatic heterocycles. The van der Waals surface area contributed by atoms with Crippen molar-refractivity contribution in [1.82, 2.24) is 0 Å². The van der Waals surface area contributed by atoms with Gasteiger partial charge in [-0.05, 0) is 57.5 Å². The number of aliphatic hydroxyl groups excluding tert-OH is 2. The predicted molar refractivity (Wildman–Crippen MR) is 122 cm³/mol. The zero-order valence-corrected chi connectivity index (χ0v) is 21.8. The Labute approximate surface area is 176 Å². The second-order valence-electron chi connectivity index (χ2n) is 10.2. The number of rotatable bonds is 17. The maximum absolute atomic E-state index is 9.99. The summed E-state index contributed by atoms with van der Waals surface area (Å²) in [5, 5.41) is 19.5. The first-order valence-electron chi connectivity index (χ1n) is 10.8. The van der Waals surface area contributed by atoms with Crippen LogP contribution in [0, 0.1) is 0 Å². The average Bonchev–Trinajstić information content (AvgIpc) is 2.50. The molecule has 0 heterocycles. The third-order valence-corrected chi connectivity index (χ3v) is 12.1. The second-order valence-corrected chi connectivity index (χ2v) is 19.0. The molecule has 0 amide bonds. The van der Waals surface area contributed by atoms with E-state index in [1.165, 1.54) is 0 Å². The summed E-state index contributed by atoms with van der Waals surface area (Å²) in [4.78, 5) is 0. The van der Waals surface area contributed by atoms with Crippen molar-refractivity contribution in [3.63, 3.8) is 0 Å². The molecule has 170 valence electrons. The third-order valence-electron chi connectivity index (χ3n) is 4.54. The van der Waals surface area contributed by atoms with Gasteiger partial charge in [0.1, 0.15) is 12.6 Å². The van der Waals surface area contributed by atoms with E-state index in [-0.39, 0.29) is 6.10 Å². The SMILES string of the molecule is CCC(O)COCCC[Si](C)(C)O[Si](C)(C)CCCOCC(O)C[N+](C)(C)C. The van der Waals surface area contributed by atoms with E-state index in [1.54, 1.807) is 0 Å². The number of hydrogen-bond acceptors (Lipinski definition) is 5. The summed E-state index contributed by atoms with van der Waals surface area (Å²) in [5.41, 5.74) is 0. The molecule has 0 radical (unpaired) electrons. The minimum absolute atomic E-state index is 0.344. The smallest absolute Gasteiger partial charge is 0.173 e. The molecular weight excluding hydrogens is 390 g/mol. The van der Waals surface area contributed by atoms with Crippen molar-refractivity contribution in [3.05, 3.63) is 0 Å². The largest absolute Gasteiger partial charge is 0.455 e. The van der Waals surface area contributed by atoms with Gasteiger partial charge in [0.25, 0.3) is 0 Å². The zero-order valence-electron chi connectivity index (χ0n) is 19.8. The van der Waals surface area contributed by atoms with E-state index in [2.05, 4.69) is 47.3 Å². The first-order valence-corrected chi connectivity index (χ1v) is 17.0. The van der Waals surface area contributed by atoms with Gasteiger partial charge in [-0.1, -0.05) is 6.92 Å². The Morgan fingerprint density at radius 1 is 0.786 bits per heavy atom. The zero-order chi connectivity index (χ0) is 21.8. The van der Waals surface area contributed by atoms with Crippen LogP contribution in [-0.4, -0.2) is 97.7 Å². The molecule has 0 aliphatic rings. The molecule has 0 saturated heterocycles. The Morgan fingerprint density at radius 3 is 1.61 bits per heavy atom. The summed E-state index contributed by atoms with van der Waals surface area (Å²) < 4.78 is 18.6. The van der Waals surface area contributed by atoms with Crippen molar-refractivity contribution >= 4 is 16.6 Å². The fourth-order valence-corrected chi connectivity index (χ4v) is 12.1. The van der Waals surface area contributed by atoms with Crippen LogP contribution < -0.4 is 0 Å². The monoisotopic (exact) mass is 438 g/mol. The standard InChI is InChI=1S/C20H48NO5Si2/c1-9-19(22)17-24-12-10-14-27(5,6)26-28(7,8)15-11-13-25-18-20(23)16-21(2,3)4/h19-20,22-23H,9-18H2,1-8H3/q+1. The molecule has 0 spiro atoms. The molecule has 0 bridgehead atoms. The van der Waals surface area contributed by atoms with Crippen LogP contribution in [0.25, 0.3) is 0 Å². The van der Waals surface area contributed by atoms with Gasteiger partial charge in [0.15, 0.2) is 16.6 Å². The molecule has 8 heteroatoms. The van der Waals surface area contributed by atoms with Crippen LogP contribution in [0.2, 0.25) is 38.3 Å². The number of quaternary nitrogens is 1. The van der Waals surface area contributed by atoms with Crippen LogP contribution in [0.5, 0.6) is 0 Å². The van der Waals surface area contributed by atoms with Gasteiger partial charge in [0, 0.05) is 13.2 Å². The van der Waals surface area contributed by atoms with Crippen molar-refractivity contribution in [3.8, 4) is 0 Å². The van der Waals surface area contributed by atoms with Crippen molar-refractivity contribution < 1.29 is 28.3 Å². The lowest BCUT2D eigenvalue weighted by Crippen LogP contribution is -2.44. The maximum atomic E-state index is 9.99. The Kier molecular flexibility index (Phi) is 13.6. The van der Waals surface area contributed by atoms with Crippen molar-refractivity contribution in [2.45, 2.75) is 76.7 Å². The highest BCUT2D eigenvalue weighted by molar-refractivity contribution is 6.84. The lowest BCUT2D eigenvalue weighted by Gasteiger charge is -2.34. The average molecular weight is 439 g/mol. The van der Waals surface area contributed by atoms with Gasteiger partial charge >= 0.3 is 0 Å².